The van der Waals surface area contributed by atoms with Crippen LogP contribution in [0.25, 0.3) is 0 Å². The van der Waals surface area contributed by atoms with Crippen LogP contribution >= 0.6 is 11.8 Å². The van der Waals surface area contributed by atoms with Crippen LogP contribution in [0, 0.1) is 13.8 Å². The van der Waals surface area contributed by atoms with E-state index in [1.54, 1.807) is 37.3 Å². The highest BCUT2D eigenvalue weighted by Crippen LogP contribution is 2.24. The zero-order chi connectivity index (χ0) is 20.3. The fourth-order valence-electron chi connectivity index (χ4n) is 2.37. The Morgan fingerprint density at radius 1 is 1.11 bits per heavy atom. The summed E-state index contributed by atoms with van der Waals surface area (Å²) in [6.07, 6.45) is 1.40. The molecule has 1 saturated heterocycles. The molecule has 1 heterocycles. The van der Waals surface area contributed by atoms with Crippen molar-refractivity contribution in [1.29, 1.82) is 0 Å². The number of amidine groups is 1. The summed E-state index contributed by atoms with van der Waals surface area (Å²) >= 11 is 1.27. The van der Waals surface area contributed by atoms with Gasteiger partial charge in [-0.25, -0.2) is 0 Å². The standard InChI is InChI=1S/C19H19N3O4S2/c1-12-4-7-16(8-5-12)28(24,25)26-17-9-6-13(2)10-15(17)11-20-22-19-21-18(23)14(3)27-19/h4-11,14H,1-3H3,(H,21,22,23)/t14-/m1/s1. The van der Waals surface area contributed by atoms with Crippen molar-refractivity contribution in [3.8, 4) is 5.75 Å². The lowest BCUT2D eigenvalue weighted by molar-refractivity contribution is -0.118. The maximum atomic E-state index is 12.6. The Balaban J connectivity index is 1.85. The molecule has 28 heavy (non-hydrogen) atoms. The van der Waals surface area contributed by atoms with Gasteiger partial charge in [-0.05, 0) is 45.0 Å². The molecule has 2 aromatic rings. The Morgan fingerprint density at radius 3 is 2.43 bits per heavy atom. The summed E-state index contributed by atoms with van der Waals surface area (Å²) in [7, 11) is -3.98. The van der Waals surface area contributed by atoms with Gasteiger partial charge in [-0.3, -0.25) is 4.79 Å². The number of nitrogens with zero attached hydrogens (tertiary/aromatic N) is 2. The van der Waals surface area contributed by atoms with Gasteiger partial charge >= 0.3 is 10.1 Å². The minimum atomic E-state index is -3.98. The van der Waals surface area contributed by atoms with Crippen molar-refractivity contribution in [3.63, 3.8) is 0 Å². The second-order valence-electron chi connectivity index (χ2n) is 6.29. The lowest BCUT2D eigenvalue weighted by Gasteiger charge is -2.10. The van der Waals surface area contributed by atoms with Crippen LogP contribution < -0.4 is 9.50 Å². The van der Waals surface area contributed by atoms with Crippen LogP contribution in [0.15, 0.2) is 57.6 Å². The summed E-state index contributed by atoms with van der Waals surface area (Å²) in [5.74, 6) is 0.0225. The second-order valence-corrected chi connectivity index (χ2v) is 9.17. The van der Waals surface area contributed by atoms with E-state index < -0.39 is 10.1 Å². The zero-order valence-corrected chi connectivity index (χ0v) is 17.2. The zero-order valence-electron chi connectivity index (χ0n) is 15.5. The van der Waals surface area contributed by atoms with Crippen molar-refractivity contribution in [2.24, 2.45) is 10.2 Å². The third-order valence-corrected chi connectivity index (χ3v) is 6.13. The minimum Gasteiger partial charge on any atom is -0.378 e. The van der Waals surface area contributed by atoms with Crippen LogP contribution in [-0.2, 0) is 14.9 Å². The van der Waals surface area contributed by atoms with Gasteiger partial charge in [0.05, 0.1) is 11.5 Å². The van der Waals surface area contributed by atoms with Gasteiger partial charge < -0.3 is 9.50 Å². The van der Waals surface area contributed by atoms with Gasteiger partial charge in [-0.1, -0.05) is 41.1 Å². The Hall–Kier alpha value is -2.65. The highest BCUT2D eigenvalue weighted by Gasteiger charge is 2.25. The highest BCUT2D eigenvalue weighted by molar-refractivity contribution is 8.15. The number of thioether (sulfide) groups is 1. The molecule has 9 heteroatoms. The molecule has 1 atom stereocenters. The van der Waals surface area contributed by atoms with E-state index >= 15 is 0 Å². The van der Waals surface area contributed by atoms with Crippen LogP contribution in [-0.4, -0.2) is 31.0 Å². The molecular weight excluding hydrogens is 398 g/mol. The molecule has 0 spiro atoms. The first-order chi connectivity index (χ1) is 13.2. The van der Waals surface area contributed by atoms with E-state index in [2.05, 4.69) is 15.5 Å². The highest BCUT2D eigenvalue weighted by atomic mass is 32.2. The molecule has 0 unspecified atom stereocenters. The van der Waals surface area contributed by atoms with E-state index in [1.807, 2.05) is 13.8 Å². The van der Waals surface area contributed by atoms with Gasteiger partial charge in [-0.15, -0.1) is 5.10 Å². The molecule has 3 rings (SSSR count). The lowest BCUT2D eigenvalue weighted by atomic mass is 10.1. The molecule has 0 radical (unpaired) electrons. The van der Waals surface area contributed by atoms with Gasteiger partial charge in [0.15, 0.2) is 10.9 Å². The summed E-state index contributed by atoms with van der Waals surface area (Å²) in [4.78, 5) is 11.5. The van der Waals surface area contributed by atoms with Crippen LogP contribution in [0.4, 0.5) is 0 Å². The van der Waals surface area contributed by atoms with E-state index in [0.717, 1.165) is 11.1 Å². The maximum Gasteiger partial charge on any atom is 0.339 e. The van der Waals surface area contributed by atoms with Gasteiger partial charge in [0.2, 0.25) is 5.91 Å². The Kier molecular flexibility index (Phi) is 5.85. The van der Waals surface area contributed by atoms with Gasteiger partial charge in [0, 0.05) is 5.56 Å². The van der Waals surface area contributed by atoms with Crippen LogP contribution in [0.2, 0.25) is 0 Å². The predicted octanol–water partition coefficient (Wildman–Crippen LogP) is 3.01. The summed E-state index contributed by atoms with van der Waals surface area (Å²) in [6, 6.07) is 11.5. The fourth-order valence-corrected chi connectivity index (χ4v) is 4.07. The molecule has 1 aliphatic rings. The number of hydrogen-bond acceptors (Lipinski definition) is 7. The molecule has 1 N–H and O–H groups in total. The average Bonchev–Trinajstić information content (AvgIpc) is 2.95. The summed E-state index contributed by atoms with van der Waals surface area (Å²) in [5, 5.41) is 10.7. The molecule has 0 aliphatic carbocycles. The van der Waals surface area contributed by atoms with Gasteiger partial charge in [0.25, 0.3) is 0 Å². The van der Waals surface area contributed by atoms with E-state index in [4.69, 9.17) is 4.18 Å². The molecule has 0 aromatic heterocycles. The molecule has 1 fully saturated rings. The third-order valence-electron chi connectivity index (χ3n) is 3.91. The first-order valence-corrected chi connectivity index (χ1v) is 10.7. The number of amides is 1. The molecular formula is C19H19N3O4S2. The number of carbonyl (C=O) groups is 1. The van der Waals surface area contributed by atoms with Crippen molar-refractivity contribution in [2.45, 2.75) is 30.9 Å². The quantitative estimate of drug-likeness (QED) is 0.458. The van der Waals surface area contributed by atoms with E-state index in [-0.39, 0.29) is 21.8 Å². The molecule has 7 nitrogen and oxygen atoms in total. The molecule has 1 amide bonds. The van der Waals surface area contributed by atoms with Crippen LogP contribution in [0.5, 0.6) is 5.75 Å². The Morgan fingerprint density at radius 2 is 1.79 bits per heavy atom. The van der Waals surface area contributed by atoms with Crippen LogP contribution in [0.1, 0.15) is 23.6 Å². The van der Waals surface area contributed by atoms with Gasteiger partial charge in [-0.2, -0.15) is 13.5 Å². The van der Waals surface area contributed by atoms with Crippen molar-refractivity contribution >= 4 is 39.2 Å². The van der Waals surface area contributed by atoms with Crippen molar-refractivity contribution in [1.82, 2.24) is 5.32 Å². The molecule has 0 saturated carbocycles. The van der Waals surface area contributed by atoms with E-state index in [9.17, 15) is 13.2 Å². The van der Waals surface area contributed by atoms with Crippen molar-refractivity contribution < 1.29 is 17.4 Å². The second kappa shape index (κ2) is 8.15. The number of rotatable bonds is 5. The van der Waals surface area contributed by atoms with Crippen molar-refractivity contribution in [3.05, 3.63) is 59.2 Å². The molecule has 1 aliphatic heterocycles. The monoisotopic (exact) mass is 417 g/mol. The first-order valence-electron chi connectivity index (χ1n) is 8.45. The summed E-state index contributed by atoms with van der Waals surface area (Å²) < 4.78 is 30.4. The Bertz CT molecular complexity index is 1060. The Labute approximate surface area is 168 Å². The largest absolute Gasteiger partial charge is 0.378 e. The summed E-state index contributed by atoms with van der Waals surface area (Å²) in [6.45, 7) is 5.52. The van der Waals surface area contributed by atoms with E-state index in [1.165, 1.54) is 30.1 Å². The van der Waals surface area contributed by atoms with Gasteiger partial charge in [0.1, 0.15) is 4.90 Å². The van der Waals surface area contributed by atoms with Crippen molar-refractivity contribution in [2.75, 3.05) is 0 Å². The molecule has 0 bridgehead atoms. The number of aryl methyl sites for hydroxylation is 2. The minimum absolute atomic E-state index is 0.0702. The fraction of sp³-hybridized carbons (Fsp3) is 0.211. The molecule has 146 valence electrons. The first kappa shape index (κ1) is 20.1. The number of hydrogen-bond donors (Lipinski definition) is 1. The predicted molar refractivity (Wildman–Crippen MR) is 110 cm³/mol. The SMILES string of the molecule is Cc1ccc(S(=O)(=O)Oc2ccc(C)cc2C=NN=C2NC(=O)[C@@H](C)S2)cc1. The lowest BCUT2D eigenvalue weighted by Crippen LogP contribution is -2.23. The third kappa shape index (κ3) is 4.79. The normalized spacial score (nSPS) is 18.6. The number of benzene rings is 2. The van der Waals surface area contributed by atoms with E-state index in [0.29, 0.717) is 10.7 Å². The average molecular weight is 418 g/mol. The topological polar surface area (TPSA) is 97.2 Å². The molecule has 2 aromatic carbocycles. The number of carbonyl (C=O) groups excluding carboxylic acids is 1. The van der Waals surface area contributed by atoms with Crippen LogP contribution in [0.3, 0.4) is 0 Å². The summed E-state index contributed by atoms with van der Waals surface area (Å²) in [5.41, 5.74) is 2.32. The smallest absolute Gasteiger partial charge is 0.339 e. The maximum absolute atomic E-state index is 12.6. The number of nitrogens with one attached hydrogen (secondary N) is 1.